The van der Waals surface area contributed by atoms with Crippen LogP contribution in [0.15, 0.2) is 24.3 Å². The molecule has 5 nitrogen and oxygen atoms in total. The summed E-state index contributed by atoms with van der Waals surface area (Å²) in [6.07, 6.45) is 0.562. The van der Waals surface area contributed by atoms with Crippen LogP contribution in [0.3, 0.4) is 0 Å². The molecule has 0 aliphatic heterocycles. The van der Waals surface area contributed by atoms with Crippen LogP contribution in [0.1, 0.15) is 31.4 Å². The van der Waals surface area contributed by atoms with E-state index in [1.165, 1.54) is 0 Å². The number of amides is 2. The molecule has 1 aromatic carbocycles. The molecule has 1 aromatic rings. The van der Waals surface area contributed by atoms with Gasteiger partial charge in [-0.15, -0.1) is 0 Å². The Morgan fingerprint density at radius 2 is 2.00 bits per heavy atom. The Balaban J connectivity index is 2.80. The quantitative estimate of drug-likeness (QED) is 0.812. The Morgan fingerprint density at radius 3 is 2.55 bits per heavy atom. The van der Waals surface area contributed by atoms with Gasteiger partial charge in [0.05, 0.1) is 11.6 Å². The lowest BCUT2D eigenvalue weighted by molar-refractivity contribution is -0.127. The normalized spacial score (nSPS) is 11.7. The molecule has 3 N–H and O–H groups in total. The van der Waals surface area contributed by atoms with Crippen LogP contribution < -0.4 is 11.1 Å². The lowest BCUT2D eigenvalue weighted by atomic mass is 10.00. The van der Waals surface area contributed by atoms with Crippen molar-refractivity contribution in [1.82, 2.24) is 5.32 Å². The molecule has 0 spiro atoms. The van der Waals surface area contributed by atoms with Crippen LogP contribution in [0.25, 0.3) is 0 Å². The maximum Gasteiger partial charge on any atom is 0.240 e. The summed E-state index contributed by atoms with van der Waals surface area (Å²) in [5, 5.41) is 11.6. The van der Waals surface area contributed by atoms with Crippen molar-refractivity contribution < 1.29 is 9.59 Å². The van der Waals surface area contributed by atoms with Crippen molar-refractivity contribution in [2.45, 2.75) is 32.7 Å². The van der Waals surface area contributed by atoms with Crippen molar-refractivity contribution in [1.29, 1.82) is 5.26 Å². The second kappa shape index (κ2) is 7.29. The molecular weight excluding hydrogens is 254 g/mol. The minimum Gasteiger partial charge on any atom is -0.368 e. The number of nitrogens with one attached hydrogen (secondary N) is 1. The summed E-state index contributed by atoms with van der Waals surface area (Å²) < 4.78 is 0. The van der Waals surface area contributed by atoms with Gasteiger partial charge in [0.2, 0.25) is 11.8 Å². The largest absolute Gasteiger partial charge is 0.368 e. The van der Waals surface area contributed by atoms with E-state index in [0.717, 1.165) is 0 Å². The average molecular weight is 273 g/mol. The molecule has 0 heterocycles. The Kier molecular flexibility index (Phi) is 5.73. The minimum atomic E-state index is -0.796. The molecule has 0 radical (unpaired) electrons. The third-order valence-corrected chi connectivity index (χ3v) is 2.83. The zero-order chi connectivity index (χ0) is 15.1. The third kappa shape index (κ3) is 4.73. The number of rotatable bonds is 6. The van der Waals surface area contributed by atoms with Crippen molar-refractivity contribution in [3.05, 3.63) is 35.4 Å². The second-order valence-corrected chi connectivity index (χ2v) is 5.09. The maximum absolute atomic E-state index is 11.7. The Hall–Kier alpha value is -2.35. The molecule has 1 atom stereocenters. The monoisotopic (exact) mass is 273 g/mol. The average Bonchev–Trinajstić information content (AvgIpc) is 2.37. The summed E-state index contributed by atoms with van der Waals surface area (Å²) in [4.78, 5) is 23.2. The minimum absolute atomic E-state index is 0.204. The topological polar surface area (TPSA) is 96.0 Å². The first-order chi connectivity index (χ1) is 9.43. The highest BCUT2D eigenvalue weighted by atomic mass is 16.2. The van der Waals surface area contributed by atoms with Crippen LogP contribution >= 0.6 is 0 Å². The zero-order valence-corrected chi connectivity index (χ0v) is 11.7. The summed E-state index contributed by atoms with van der Waals surface area (Å²) in [7, 11) is 0. The van der Waals surface area contributed by atoms with Gasteiger partial charge in [0.15, 0.2) is 0 Å². The van der Waals surface area contributed by atoms with Crippen LogP contribution in [0, 0.1) is 17.2 Å². The number of nitrogens with two attached hydrogens (primary N) is 1. The van der Waals surface area contributed by atoms with Gasteiger partial charge >= 0.3 is 0 Å². The van der Waals surface area contributed by atoms with Crippen LogP contribution in [-0.4, -0.2) is 17.9 Å². The first-order valence-electron chi connectivity index (χ1n) is 6.50. The van der Waals surface area contributed by atoms with Gasteiger partial charge in [-0.25, -0.2) is 0 Å². The van der Waals surface area contributed by atoms with Gasteiger partial charge in [0.25, 0.3) is 0 Å². The Morgan fingerprint density at radius 1 is 1.35 bits per heavy atom. The maximum atomic E-state index is 11.7. The third-order valence-electron chi connectivity index (χ3n) is 2.83. The van der Waals surface area contributed by atoms with Crippen molar-refractivity contribution in [3.8, 4) is 6.07 Å². The molecule has 0 fully saturated rings. The molecule has 0 unspecified atom stereocenters. The van der Waals surface area contributed by atoms with Gasteiger partial charge in [-0.05, 0) is 17.5 Å². The zero-order valence-electron chi connectivity index (χ0n) is 11.7. The molecule has 2 amide bonds. The highest BCUT2D eigenvalue weighted by Crippen LogP contribution is 2.10. The van der Waals surface area contributed by atoms with Crippen LogP contribution in [-0.2, 0) is 16.0 Å². The van der Waals surface area contributed by atoms with E-state index in [-0.39, 0.29) is 18.2 Å². The summed E-state index contributed by atoms with van der Waals surface area (Å²) in [6, 6.07) is 8.22. The van der Waals surface area contributed by atoms with Gasteiger partial charge in [0, 0.05) is 12.8 Å². The molecule has 0 saturated carbocycles. The number of hydrogen-bond donors (Lipinski definition) is 2. The number of carbonyl (C=O) groups is 2. The number of benzene rings is 1. The smallest absolute Gasteiger partial charge is 0.240 e. The molecule has 0 saturated heterocycles. The molecule has 20 heavy (non-hydrogen) atoms. The fourth-order valence-corrected chi connectivity index (χ4v) is 1.87. The highest BCUT2D eigenvalue weighted by molar-refractivity contribution is 5.86. The molecule has 0 aromatic heterocycles. The Bertz CT molecular complexity index is 532. The summed E-state index contributed by atoms with van der Waals surface area (Å²) in [5.74, 6) is -0.608. The number of hydrogen-bond acceptors (Lipinski definition) is 3. The summed E-state index contributed by atoms with van der Waals surface area (Å²) in [6.45, 7) is 3.84. The number of nitrogens with zero attached hydrogens (tertiary/aromatic N) is 1. The molecule has 5 heteroatoms. The van der Waals surface area contributed by atoms with E-state index in [1.807, 2.05) is 13.8 Å². The van der Waals surface area contributed by atoms with Crippen LogP contribution in [0.5, 0.6) is 0 Å². The molecule has 106 valence electrons. The molecular formula is C15H19N3O2. The standard InChI is InChI=1S/C15H19N3O2/c1-10(2)7-14(19)18-13(15(17)20)8-11-5-3-4-6-12(11)9-16/h3-6,10,13H,7-8H2,1-2H3,(H2,17,20)(H,18,19)/t13-/m0/s1. The lowest BCUT2D eigenvalue weighted by Gasteiger charge is -2.17. The lowest BCUT2D eigenvalue weighted by Crippen LogP contribution is -2.46. The SMILES string of the molecule is CC(C)CC(=O)N[C@@H](Cc1ccccc1C#N)C(N)=O. The van der Waals surface area contributed by atoms with Crippen LogP contribution in [0.4, 0.5) is 0 Å². The first kappa shape index (κ1) is 15.7. The van der Waals surface area contributed by atoms with Gasteiger partial charge in [-0.1, -0.05) is 32.0 Å². The first-order valence-corrected chi connectivity index (χ1v) is 6.50. The predicted octanol–water partition coefficient (Wildman–Crippen LogP) is 1.12. The van der Waals surface area contributed by atoms with E-state index in [9.17, 15) is 9.59 Å². The van der Waals surface area contributed by atoms with Crippen molar-refractivity contribution in [2.75, 3.05) is 0 Å². The highest BCUT2D eigenvalue weighted by Gasteiger charge is 2.20. The van der Waals surface area contributed by atoms with E-state index in [0.29, 0.717) is 17.5 Å². The van der Waals surface area contributed by atoms with Gasteiger partial charge < -0.3 is 11.1 Å². The number of carbonyl (C=O) groups excluding carboxylic acids is 2. The Labute approximate surface area is 118 Å². The van der Waals surface area contributed by atoms with E-state index >= 15 is 0 Å². The number of primary amides is 1. The molecule has 0 aliphatic rings. The fraction of sp³-hybridized carbons (Fsp3) is 0.400. The predicted molar refractivity (Wildman–Crippen MR) is 75.4 cm³/mol. The van der Waals surface area contributed by atoms with Gasteiger partial charge in [-0.3, -0.25) is 9.59 Å². The van der Waals surface area contributed by atoms with E-state index in [2.05, 4.69) is 11.4 Å². The van der Waals surface area contributed by atoms with Gasteiger partial charge in [0.1, 0.15) is 6.04 Å². The molecule has 0 aliphatic carbocycles. The van der Waals surface area contributed by atoms with Crippen molar-refractivity contribution in [3.63, 3.8) is 0 Å². The van der Waals surface area contributed by atoms with Crippen LogP contribution in [0.2, 0.25) is 0 Å². The van der Waals surface area contributed by atoms with Crippen molar-refractivity contribution >= 4 is 11.8 Å². The fourth-order valence-electron chi connectivity index (χ4n) is 1.87. The number of nitriles is 1. The van der Waals surface area contributed by atoms with E-state index < -0.39 is 11.9 Å². The second-order valence-electron chi connectivity index (χ2n) is 5.09. The van der Waals surface area contributed by atoms with Gasteiger partial charge in [-0.2, -0.15) is 5.26 Å². The summed E-state index contributed by atoms with van der Waals surface area (Å²) in [5.41, 5.74) is 6.50. The molecule has 0 bridgehead atoms. The molecule has 1 rings (SSSR count). The van der Waals surface area contributed by atoms with E-state index in [4.69, 9.17) is 11.0 Å². The van der Waals surface area contributed by atoms with E-state index in [1.54, 1.807) is 24.3 Å². The van der Waals surface area contributed by atoms with Crippen molar-refractivity contribution in [2.24, 2.45) is 11.7 Å². The summed E-state index contributed by atoms with van der Waals surface area (Å²) >= 11 is 0.